The molecule has 1 atom stereocenters. The lowest BCUT2D eigenvalue weighted by molar-refractivity contribution is -0.137. The number of piperazine rings is 1. The van der Waals surface area contributed by atoms with Gasteiger partial charge in [-0.05, 0) is 25.1 Å². The Kier molecular flexibility index (Phi) is 4.08. The molecule has 2 rings (SSSR count). The number of hydrogen-bond acceptors (Lipinski definition) is 3. The zero-order valence-electron chi connectivity index (χ0n) is 10.8. The minimum Gasteiger partial charge on any atom is -0.314 e. The third kappa shape index (κ3) is 2.97. The highest BCUT2D eigenvalue weighted by atomic mass is 32.2. The van der Waals surface area contributed by atoms with Crippen LogP contribution in [0.5, 0.6) is 0 Å². The Labute approximate surface area is 115 Å². The number of rotatable bonds is 2. The molecule has 0 saturated carbocycles. The number of benzene rings is 1. The monoisotopic (exact) mass is 308 g/mol. The van der Waals surface area contributed by atoms with Crippen LogP contribution < -0.4 is 5.32 Å². The van der Waals surface area contributed by atoms with Crippen LogP contribution in [0.2, 0.25) is 0 Å². The normalized spacial score (nSPS) is 21.9. The Morgan fingerprint density at radius 3 is 2.65 bits per heavy atom. The molecule has 0 unspecified atom stereocenters. The Morgan fingerprint density at radius 1 is 1.35 bits per heavy atom. The van der Waals surface area contributed by atoms with Gasteiger partial charge in [0, 0.05) is 25.7 Å². The molecule has 0 bridgehead atoms. The largest absolute Gasteiger partial charge is 0.416 e. The maximum absolute atomic E-state index is 12.7. The van der Waals surface area contributed by atoms with Crippen molar-refractivity contribution in [2.75, 3.05) is 19.6 Å². The molecule has 20 heavy (non-hydrogen) atoms. The van der Waals surface area contributed by atoms with Crippen LogP contribution in [0.25, 0.3) is 0 Å². The molecule has 112 valence electrons. The van der Waals surface area contributed by atoms with Gasteiger partial charge in [0.05, 0.1) is 10.5 Å². The van der Waals surface area contributed by atoms with E-state index in [0.29, 0.717) is 19.2 Å². The summed E-state index contributed by atoms with van der Waals surface area (Å²) in [5.41, 5.74) is -0.957. The summed E-state index contributed by atoms with van der Waals surface area (Å²) in [6.07, 6.45) is -4.55. The summed E-state index contributed by atoms with van der Waals surface area (Å²) in [5, 5.41) is 3.04. The fraction of sp³-hybridized carbons (Fsp3) is 0.500. The Bertz CT molecular complexity index is 587. The summed E-state index contributed by atoms with van der Waals surface area (Å²) < 4.78 is 64.0. The number of hydrogen-bond donors (Lipinski definition) is 1. The van der Waals surface area contributed by atoms with Gasteiger partial charge < -0.3 is 5.32 Å². The smallest absolute Gasteiger partial charge is 0.314 e. The lowest BCUT2D eigenvalue weighted by Gasteiger charge is -2.32. The molecule has 1 aliphatic heterocycles. The number of nitrogens with zero attached hydrogens (tertiary/aromatic N) is 1. The molecule has 1 saturated heterocycles. The van der Waals surface area contributed by atoms with Crippen molar-refractivity contribution in [3.05, 3.63) is 29.8 Å². The molecule has 8 heteroatoms. The van der Waals surface area contributed by atoms with Gasteiger partial charge in [0.2, 0.25) is 10.0 Å². The highest BCUT2D eigenvalue weighted by Crippen LogP contribution is 2.31. The zero-order valence-corrected chi connectivity index (χ0v) is 11.6. The first-order chi connectivity index (χ1) is 9.23. The number of halogens is 3. The SMILES string of the molecule is C[C@H]1CNCCN1S(=O)(=O)c1cccc(C(F)(F)F)c1. The first kappa shape index (κ1) is 15.3. The van der Waals surface area contributed by atoms with Gasteiger partial charge in [-0.25, -0.2) is 8.42 Å². The van der Waals surface area contributed by atoms with E-state index in [0.717, 1.165) is 12.1 Å². The summed E-state index contributed by atoms with van der Waals surface area (Å²) in [4.78, 5) is -0.318. The van der Waals surface area contributed by atoms with Crippen LogP contribution in [0.15, 0.2) is 29.2 Å². The maximum Gasteiger partial charge on any atom is 0.416 e. The molecule has 0 amide bonds. The van der Waals surface area contributed by atoms with Crippen molar-refractivity contribution in [1.82, 2.24) is 9.62 Å². The predicted octanol–water partition coefficient (Wildman–Crippen LogP) is 1.69. The van der Waals surface area contributed by atoms with Crippen molar-refractivity contribution < 1.29 is 21.6 Å². The highest BCUT2D eigenvalue weighted by molar-refractivity contribution is 7.89. The zero-order chi connectivity index (χ0) is 15.0. The predicted molar refractivity (Wildman–Crippen MR) is 67.7 cm³/mol. The summed E-state index contributed by atoms with van der Waals surface area (Å²) in [7, 11) is -3.90. The van der Waals surface area contributed by atoms with Gasteiger partial charge >= 0.3 is 6.18 Å². The van der Waals surface area contributed by atoms with Crippen molar-refractivity contribution in [1.29, 1.82) is 0 Å². The van der Waals surface area contributed by atoms with E-state index >= 15 is 0 Å². The molecule has 1 N–H and O–H groups in total. The second-order valence-corrected chi connectivity index (χ2v) is 6.59. The van der Waals surface area contributed by atoms with E-state index in [4.69, 9.17) is 0 Å². The number of sulfonamides is 1. The first-order valence-corrected chi connectivity index (χ1v) is 7.57. The van der Waals surface area contributed by atoms with Gasteiger partial charge in [0.25, 0.3) is 0 Å². The van der Waals surface area contributed by atoms with E-state index in [1.54, 1.807) is 6.92 Å². The quantitative estimate of drug-likeness (QED) is 0.904. The van der Waals surface area contributed by atoms with Crippen LogP contribution in [0.1, 0.15) is 12.5 Å². The van der Waals surface area contributed by atoms with Crippen LogP contribution in [0.3, 0.4) is 0 Å². The summed E-state index contributed by atoms with van der Waals surface area (Å²) in [6, 6.07) is 3.56. The molecule has 0 aliphatic carbocycles. The second-order valence-electron chi connectivity index (χ2n) is 4.69. The van der Waals surface area contributed by atoms with E-state index in [1.807, 2.05) is 0 Å². The van der Waals surface area contributed by atoms with Gasteiger partial charge in [-0.2, -0.15) is 17.5 Å². The van der Waals surface area contributed by atoms with Gasteiger partial charge in [0.15, 0.2) is 0 Å². The van der Waals surface area contributed by atoms with E-state index < -0.39 is 21.8 Å². The van der Waals surface area contributed by atoms with E-state index in [-0.39, 0.29) is 17.5 Å². The standard InChI is InChI=1S/C12H15F3N2O2S/c1-9-8-16-5-6-17(9)20(18,19)11-4-2-3-10(7-11)12(13,14)15/h2-4,7,9,16H,5-6,8H2,1H3/t9-/m0/s1. The van der Waals surface area contributed by atoms with Crippen LogP contribution in [0, 0.1) is 0 Å². The van der Waals surface area contributed by atoms with E-state index in [9.17, 15) is 21.6 Å². The molecule has 1 aromatic rings. The van der Waals surface area contributed by atoms with Crippen molar-refractivity contribution in [3.63, 3.8) is 0 Å². The summed E-state index contributed by atoms with van der Waals surface area (Å²) in [6.45, 7) is 2.94. The molecule has 1 aromatic carbocycles. The van der Waals surface area contributed by atoms with Gasteiger partial charge in [-0.3, -0.25) is 0 Å². The topological polar surface area (TPSA) is 49.4 Å². The lowest BCUT2D eigenvalue weighted by Crippen LogP contribution is -2.52. The van der Waals surface area contributed by atoms with Crippen LogP contribution >= 0.6 is 0 Å². The Morgan fingerprint density at radius 2 is 2.05 bits per heavy atom. The van der Waals surface area contributed by atoms with Crippen molar-refractivity contribution >= 4 is 10.0 Å². The summed E-state index contributed by atoms with van der Waals surface area (Å²) >= 11 is 0. The minimum absolute atomic E-state index is 0.250. The van der Waals surface area contributed by atoms with Crippen LogP contribution in [-0.2, 0) is 16.2 Å². The maximum atomic E-state index is 12.7. The fourth-order valence-electron chi connectivity index (χ4n) is 2.15. The molecule has 4 nitrogen and oxygen atoms in total. The van der Waals surface area contributed by atoms with Gasteiger partial charge in [0.1, 0.15) is 0 Å². The fourth-order valence-corrected chi connectivity index (χ4v) is 3.82. The minimum atomic E-state index is -4.55. The third-order valence-electron chi connectivity index (χ3n) is 3.21. The highest BCUT2D eigenvalue weighted by Gasteiger charge is 2.34. The summed E-state index contributed by atoms with van der Waals surface area (Å²) in [5.74, 6) is 0. The molecule has 1 heterocycles. The van der Waals surface area contributed by atoms with Crippen LogP contribution in [0.4, 0.5) is 13.2 Å². The molecule has 1 aliphatic rings. The first-order valence-electron chi connectivity index (χ1n) is 6.13. The number of alkyl halides is 3. The molecule has 1 fully saturated rings. The van der Waals surface area contributed by atoms with E-state index in [2.05, 4.69) is 5.32 Å². The average Bonchev–Trinajstić information content (AvgIpc) is 2.38. The third-order valence-corrected chi connectivity index (χ3v) is 5.22. The van der Waals surface area contributed by atoms with Gasteiger partial charge in [-0.15, -0.1) is 0 Å². The molecular formula is C12H15F3N2O2S. The molecule has 0 aromatic heterocycles. The molecular weight excluding hydrogens is 293 g/mol. The lowest BCUT2D eigenvalue weighted by atomic mass is 10.2. The van der Waals surface area contributed by atoms with Crippen molar-refractivity contribution in [3.8, 4) is 0 Å². The average molecular weight is 308 g/mol. The Hall–Kier alpha value is -1.12. The molecule has 0 spiro atoms. The van der Waals surface area contributed by atoms with Crippen molar-refractivity contribution in [2.45, 2.75) is 24.0 Å². The number of nitrogens with one attached hydrogen (secondary N) is 1. The van der Waals surface area contributed by atoms with Crippen LogP contribution in [-0.4, -0.2) is 38.4 Å². The molecule has 0 radical (unpaired) electrons. The van der Waals surface area contributed by atoms with Crippen molar-refractivity contribution in [2.24, 2.45) is 0 Å². The second kappa shape index (κ2) is 5.34. The van der Waals surface area contributed by atoms with E-state index in [1.165, 1.54) is 10.4 Å². The van der Waals surface area contributed by atoms with Gasteiger partial charge in [-0.1, -0.05) is 6.07 Å². The Balaban J connectivity index is 2.39.